The summed E-state index contributed by atoms with van der Waals surface area (Å²) in [5.74, 6) is 0.739. The lowest BCUT2D eigenvalue weighted by Gasteiger charge is -2.29. The first-order valence-corrected chi connectivity index (χ1v) is 9.26. The van der Waals surface area contributed by atoms with E-state index in [4.69, 9.17) is 4.74 Å². The predicted molar refractivity (Wildman–Crippen MR) is 110 cm³/mol. The van der Waals surface area contributed by atoms with E-state index in [-0.39, 0.29) is 6.03 Å². The molecule has 1 aliphatic rings. The molecule has 0 atom stereocenters. The van der Waals surface area contributed by atoms with Gasteiger partial charge in [-0.25, -0.2) is 10.2 Å². The smallest absolute Gasteiger partial charge is 0.339 e. The number of carbonyl (C=O) groups excluding carboxylic acids is 1. The van der Waals surface area contributed by atoms with Gasteiger partial charge in [0.1, 0.15) is 5.75 Å². The molecule has 0 unspecified atom stereocenters. The number of amides is 2. The molecule has 0 spiro atoms. The fourth-order valence-electron chi connectivity index (χ4n) is 3.18. The lowest BCUT2D eigenvalue weighted by molar-refractivity contribution is 0.252. The number of nitrogens with one attached hydrogen (secondary N) is 2. The monoisotopic (exact) mass is 366 g/mol. The van der Waals surface area contributed by atoms with Crippen molar-refractivity contribution in [1.29, 1.82) is 0 Å². The van der Waals surface area contributed by atoms with E-state index in [0.717, 1.165) is 41.3 Å². The van der Waals surface area contributed by atoms with E-state index in [1.54, 1.807) is 13.3 Å². The van der Waals surface area contributed by atoms with Crippen molar-refractivity contribution in [2.24, 2.45) is 5.10 Å². The zero-order valence-electron chi connectivity index (χ0n) is 15.9. The normalized spacial score (nSPS) is 14.2. The van der Waals surface area contributed by atoms with Gasteiger partial charge in [0.2, 0.25) is 0 Å². The van der Waals surface area contributed by atoms with Crippen molar-refractivity contribution in [3.8, 4) is 5.75 Å². The maximum absolute atomic E-state index is 12.0. The van der Waals surface area contributed by atoms with Crippen LogP contribution in [0.25, 0.3) is 0 Å². The highest BCUT2D eigenvalue weighted by atomic mass is 16.5. The van der Waals surface area contributed by atoms with Gasteiger partial charge in [0.15, 0.2) is 0 Å². The number of hydrazone groups is 1. The Bertz CT molecular complexity index is 814. The summed E-state index contributed by atoms with van der Waals surface area (Å²) in [6, 6.07) is 13.3. The van der Waals surface area contributed by atoms with E-state index in [2.05, 4.69) is 26.8 Å². The maximum Gasteiger partial charge on any atom is 0.339 e. The third kappa shape index (κ3) is 5.00. The Morgan fingerprint density at radius 3 is 2.67 bits per heavy atom. The zero-order chi connectivity index (χ0) is 19.1. The molecular weight excluding hydrogens is 340 g/mol. The summed E-state index contributed by atoms with van der Waals surface area (Å²) in [7, 11) is 1.64. The molecule has 2 N–H and O–H groups in total. The molecule has 27 heavy (non-hydrogen) atoms. The Balaban J connectivity index is 1.62. The van der Waals surface area contributed by atoms with E-state index in [1.165, 1.54) is 19.3 Å². The number of rotatable bonds is 5. The number of hydrogen-bond donors (Lipinski definition) is 2. The van der Waals surface area contributed by atoms with E-state index >= 15 is 0 Å². The second-order valence-corrected chi connectivity index (χ2v) is 6.61. The number of benzene rings is 2. The van der Waals surface area contributed by atoms with Crippen LogP contribution in [-0.2, 0) is 0 Å². The van der Waals surface area contributed by atoms with Gasteiger partial charge in [-0.2, -0.15) is 5.10 Å². The Labute approximate surface area is 160 Å². The Kier molecular flexibility index (Phi) is 6.30. The lowest BCUT2D eigenvalue weighted by Crippen LogP contribution is -2.29. The van der Waals surface area contributed by atoms with Gasteiger partial charge in [0.05, 0.1) is 13.3 Å². The molecule has 0 aliphatic carbocycles. The first-order valence-electron chi connectivity index (χ1n) is 9.26. The summed E-state index contributed by atoms with van der Waals surface area (Å²) in [4.78, 5) is 14.4. The van der Waals surface area contributed by atoms with E-state index in [9.17, 15) is 4.79 Å². The molecule has 2 aromatic carbocycles. The van der Waals surface area contributed by atoms with Crippen LogP contribution in [0.15, 0.2) is 47.6 Å². The SMILES string of the molecule is COc1cc(N2CCCCC2)ccc1C=NNC(=O)Nc1ccccc1C. The standard InChI is InChI=1S/C21H26N4O2/c1-16-8-4-5-9-19(16)23-21(26)24-22-15-17-10-11-18(14-20(17)27-2)25-12-6-3-7-13-25/h4-5,8-11,14-15H,3,6-7,12-13H2,1-2H3,(H2,23,24,26). The number of methoxy groups -OCH3 is 1. The quantitative estimate of drug-likeness (QED) is 0.617. The van der Waals surface area contributed by atoms with Crippen molar-refractivity contribution >= 4 is 23.6 Å². The van der Waals surface area contributed by atoms with Crippen molar-refractivity contribution in [3.05, 3.63) is 53.6 Å². The molecule has 0 aromatic heterocycles. The van der Waals surface area contributed by atoms with Crippen molar-refractivity contribution in [2.45, 2.75) is 26.2 Å². The van der Waals surface area contributed by atoms with Gasteiger partial charge in [-0.15, -0.1) is 0 Å². The van der Waals surface area contributed by atoms with Crippen molar-refractivity contribution in [3.63, 3.8) is 0 Å². The first kappa shape index (κ1) is 18.8. The molecule has 3 rings (SSSR count). The van der Waals surface area contributed by atoms with Gasteiger partial charge < -0.3 is 15.0 Å². The molecule has 6 heteroatoms. The fraction of sp³-hybridized carbons (Fsp3) is 0.333. The molecule has 1 aliphatic heterocycles. The maximum atomic E-state index is 12.0. The average Bonchev–Trinajstić information content (AvgIpc) is 2.70. The van der Waals surface area contributed by atoms with Crippen LogP contribution in [0.3, 0.4) is 0 Å². The Morgan fingerprint density at radius 2 is 1.93 bits per heavy atom. The molecule has 6 nitrogen and oxygen atoms in total. The molecule has 1 saturated heterocycles. The summed E-state index contributed by atoms with van der Waals surface area (Å²) in [5.41, 5.74) is 6.22. The third-order valence-electron chi connectivity index (χ3n) is 4.70. The van der Waals surface area contributed by atoms with Crippen LogP contribution in [0, 0.1) is 6.92 Å². The number of aryl methyl sites for hydroxylation is 1. The van der Waals surface area contributed by atoms with Crippen LogP contribution in [0.5, 0.6) is 5.75 Å². The highest BCUT2D eigenvalue weighted by Crippen LogP contribution is 2.26. The third-order valence-corrected chi connectivity index (χ3v) is 4.70. The van der Waals surface area contributed by atoms with E-state index in [0.29, 0.717) is 0 Å². The van der Waals surface area contributed by atoms with Crippen LogP contribution in [0.2, 0.25) is 0 Å². The summed E-state index contributed by atoms with van der Waals surface area (Å²) < 4.78 is 5.50. The van der Waals surface area contributed by atoms with Crippen molar-refractivity contribution in [2.75, 3.05) is 30.4 Å². The van der Waals surface area contributed by atoms with E-state index in [1.807, 2.05) is 43.3 Å². The van der Waals surface area contributed by atoms with Gasteiger partial charge in [-0.1, -0.05) is 18.2 Å². The highest BCUT2D eigenvalue weighted by Gasteiger charge is 2.13. The number of para-hydroxylation sites is 1. The van der Waals surface area contributed by atoms with Crippen LogP contribution in [-0.4, -0.2) is 32.4 Å². The van der Waals surface area contributed by atoms with Crippen molar-refractivity contribution in [1.82, 2.24) is 5.43 Å². The summed E-state index contributed by atoms with van der Waals surface area (Å²) in [6.45, 7) is 4.10. The van der Waals surface area contributed by atoms with E-state index < -0.39 is 0 Å². The molecular formula is C21H26N4O2. The molecule has 0 saturated carbocycles. The Morgan fingerprint density at radius 1 is 1.15 bits per heavy atom. The minimum atomic E-state index is -0.385. The van der Waals surface area contributed by atoms with Crippen LogP contribution in [0.1, 0.15) is 30.4 Å². The first-order chi connectivity index (χ1) is 13.2. The molecule has 0 radical (unpaired) electrons. The van der Waals surface area contributed by atoms with Crippen LogP contribution >= 0.6 is 0 Å². The van der Waals surface area contributed by atoms with Crippen molar-refractivity contribution < 1.29 is 9.53 Å². The number of carbonyl (C=O) groups is 1. The summed E-state index contributed by atoms with van der Waals surface area (Å²) in [5, 5.41) is 6.81. The Hall–Kier alpha value is -3.02. The second kappa shape index (κ2) is 9.07. The van der Waals surface area contributed by atoms with Gasteiger partial charge in [0.25, 0.3) is 0 Å². The van der Waals surface area contributed by atoms with Crippen LogP contribution < -0.4 is 20.4 Å². The molecule has 1 fully saturated rings. The summed E-state index contributed by atoms with van der Waals surface area (Å²) >= 11 is 0. The largest absolute Gasteiger partial charge is 0.496 e. The second-order valence-electron chi connectivity index (χ2n) is 6.61. The number of nitrogens with zero attached hydrogens (tertiary/aromatic N) is 2. The van der Waals surface area contributed by atoms with Gasteiger partial charge in [-0.05, 0) is 49.9 Å². The molecule has 1 heterocycles. The molecule has 0 bridgehead atoms. The minimum absolute atomic E-state index is 0.385. The lowest BCUT2D eigenvalue weighted by atomic mass is 10.1. The summed E-state index contributed by atoms with van der Waals surface area (Å²) in [6.07, 6.45) is 5.35. The highest BCUT2D eigenvalue weighted by molar-refractivity contribution is 5.91. The van der Waals surface area contributed by atoms with Gasteiger partial charge >= 0.3 is 6.03 Å². The molecule has 2 amide bonds. The fourth-order valence-corrected chi connectivity index (χ4v) is 3.18. The number of hydrogen-bond acceptors (Lipinski definition) is 4. The number of urea groups is 1. The van der Waals surface area contributed by atoms with Gasteiger partial charge in [-0.3, -0.25) is 0 Å². The zero-order valence-corrected chi connectivity index (χ0v) is 15.9. The molecule has 2 aromatic rings. The number of ether oxygens (including phenoxy) is 1. The van der Waals surface area contributed by atoms with Gasteiger partial charge in [0, 0.05) is 36.1 Å². The predicted octanol–water partition coefficient (Wildman–Crippen LogP) is 4.15. The average molecular weight is 366 g/mol. The number of anilines is 2. The topological polar surface area (TPSA) is 66.0 Å². The minimum Gasteiger partial charge on any atom is -0.496 e. The molecule has 142 valence electrons. The number of piperidine rings is 1. The van der Waals surface area contributed by atoms with Crippen LogP contribution in [0.4, 0.5) is 16.2 Å².